The van der Waals surface area contributed by atoms with Gasteiger partial charge in [0.05, 0.1) is 19.9 Å². The first-order chi connectivity index (χ1) is 20.2. The van der Waals surface area contributed by atoms with Crippen LogP contribution < -0.4 is 21.3 Å². The first kappa shape index (κ1) is 35.1. The number of amides is 3. The zero-order chi connectivity index (χ0) is 31.7. The number of rotatable bonds is 7. The first-order valence-electron chi connectivity index (χ1n) is 13.7. The average Bonchev–Trinajstić information content (AvgIpc) is 2.96. The number of halogens is 3. The molecule has 0 aliphatic rings. The third kappa shape index (κ3) is 10.9. The number of benzene rings is 4. The minimum atomic E-state index is -0.248. The first-order valence-corrected chi connectivity index (χ1v) is 17.3. The topological polar surface area (TPSA) is 87.5 Å². The fourth-order valence-electron chi connectivity index (χ4n) is 3.75. The Morgan fingerprint density at radius 3 is 2.00 bits per heavy atom. The summed E-state index contributed by atoms with van der Waals surface area (Å²) >= 11 is 7.31. The standard InChI is InChI=1S/C30H30N4O2.C4H7I3/c1-20-8-15-25(16-9-20)32-30(36)34(26-17-10-21(2)22(3)18-26)19-23-11-13-24(14-12-23)29(35)33-28-7-5-4-6-27(28)31;1-4(2,7)3(5)6/h4-18H,19,31H2,1-3H3,(H,32,36)(H,33,35);3H,1-2H3. The number of hydrogen-bond acceptors (Lipinski definition) is 3. The van der Waals surface area contributed by atoms with E-state index in [1.54, 1.807) is 29.2 Å². The Hall–Kier alpha value is -2.39. The average molecular weight is 914 g/mol. The largest absolute Gasteiger partial charge is 0.397 e. The number of carbonyl (C=O) groups is 2. The van der Waals surface area contributed by atoms with Crippen LogP contribution in [0.25, 0.3) is 0 Å². The van der Waals surface area contributed by atoms with Crippen LogP contribution >= 0.6 is 67.8 Å². The summed E-state index contributed by atoms with van der Waals surface area (Å²) in [4.78, 5) is 27.7. The van der Waals surface area contributed by atoms with E-state index in [-0.39, 0.29) is 11.9 Å². The molecule has 4 rings (SSSR count). The zero-order valence-corrected chi connectivity index (χ0v) is 31.4. The van der Waals surface area contributed by atoms with Crippen LogP contribution in [0.2, 0.25) is 0 Å². The van der Waals surface area contributed by atoms with Gasteiger partial charge in [-0.2, -0.15) is 0 Å². The highest BCUT2D eigenvalue weighted by molar-refractivity contribution is 14.2. The Kier molecular flexibility index (Phi) is 13.1. The number of carbonyl (C=O) groups excluding carboxylic acids is 2. The fourth-order valence-corrected chi connectivity index (χ4v) is 3.75. The molecule has 0 spiro atoms. The van der Waals surface area contributed by atoms with Crippen LogP contribution in [0.4, 0.5) is 27.5 Å². The molecule has 0 unspecified atom stereocenters. The van der Waals surface area contributed by atoms with Gasteiger partial charge in [-0.1, -0.05) is 116 Å². The van der Waals surface area contributed by atoms with Gasteiger partial charge in [-0.05, 0) is 99.8 Å². The van der Waals surface area contributed by atoms with E-state index in [1.807, 2.05) is 87.5 Å². The molecule has 4 aromatic rings. The predicted octanol–water partition coefficient (Wildman–Crippen LogP) is 10.1. The van der Waals surface area contributed by atoms with Gasteiger partial charge in [0, 0.05) is 20.4 Å². The number of urea groups is 1. The van der Waals surface area contributed by atoms with E-state index in [9.17, 15) is 9.59 Å². The number of nitrogens with one attached hydrogen (secondary N) is 2. The number of alkyl halides is 3. The maximum atomic E-state index is 13.3. The van der Waals surface area contributed by atoms with Crippen molar-refractivity contribution in [3.8, 4) is 0 Å². The second-order valence-electron chi connectivity index (χ2n) is 10.8. The third-order valence-corrected chi connectivity index (χ3v) is 12.8. The molecular formula is C34H37I3N4O2. The Labute approximate surface area is 296 Å². The fraction of sp³-hybridized carbons (Fsp3) is 0.235. The van der Waals surface area contributed by atoms with Crippen molar-refractivity contribution in [2.45, 2.75) is 46.5 Å². The summed E-state index contributed by atoms with van der Waals surface area (Å²) in [5.41, 5.74) is 13.3. The molecule has 0 atom stereocenters. The molecule has 0 heterocycles. The van der Waals surface area contributed by atoms with E-state index in [1.165, 1.54) is 0 Å². The van der Waals surface area contributed by atoms with E-state index < -0.39 is 0 Å². The molecule has 43 heavy (non-hydrogen) atoms. The van der Waals surface area contributed by atoms with Crippen molar-refractivity contribution in [2.24, 2.45) is 0 Å². The van der Waals surface area contributed by atoms with Crippen LogP contribution in [0.15, 0.2) is 91.0 Å². The Bertz CT molecular complexity index is 1530. The Morgan fingerprint density at radius 2 is 1.44 bits per heavy atom. The Balaban J connectivity index is 0.000000646. The second-order valence-corrected chi connectivity index (χ2v) is 18.4. The van der Waals surface area contributed by atoms with Gasteiger partial charge in [-0.3, -0.25) is 9.69 Å². The van der Waals surface area contributed by atoms with Gasteiger partial charge >= 0.3 is 6.03 Å². The highest BCUT2D eigenvalue weighted by atomic mass is 127. The molecule has 4 N–H and O–H groups in total. The summed E-state index contributed by atoms with van der Waals surface area (Å²) < 4.78 is 1.17. The van der Waals surface area contributed by atoms with Crippen LogP contribution in [0.1, 0.15) is 46.5 Å². The van der Waals surface area contributed by atoms with E-state index >= 15 is 0 Å². The third-order valence-electron chi connectivity index (χ3n) is 6.63. The maximum absolute atomic E-state index is 13.3. The normalized spacial score (nSPS) is 10.9. The lowest BCUT2D eigenvalue weighted by atomic mass is 10.1. The molecule has 0 aromatic heterocycles. The van der Waals surface area contributed by atoms with E-state index in [2.05, 4.69) is 92.3 Å². The maximum Gasteiger partial charge on any atom is 0.326 e. The highest BCUT2D eigenvalue weighted by Crippen LogP contribution is 2.32. The van der Waals surface area contributed by atoms with Gasteiger partial charge in [0.1, 0.15) is 0 Å². The van der Waals surface area contributed by atoms with Crippen LogP contribution in [-0.4, -0.2) is 17.3 Å². The van der Waals surface area contributed by atoms with Gasteiger partial charge in [0.15, 0.2) is 0 Å². The van der Waals surface area contributed by atoms with Crippen LogP contribution in [0, 0.1) is 20.8 Å². The molecule has 0 aliphatic carbocycles. The van der Waals surface area contributed by atoms with Crippen molar-refractivity contribution in [3.63, 3.8) is 0 Å². The quantitative estimate of drug-likeness (QED) is 0.0981. The molecule has 6 nitrogen and oxygen atoms in total. The van der Waals surface area contributed by atoms with Gasteiger partial charge in [-0.25, -0.2) is 4.79 Å². The lowest BCUT2D eigenvalue weighted by Crippen LogP contribution is -2.34. The number of nitrogens with two attached hydrogens (primary N) is 1. The van der Waals surface area contributed by atoms with Gasteiger partial charge in [-0.15, -0.1) is 0 Å². The van der Waals surface area contributed by atoms with Crippen molar-refractivity contribution < 1.29 is 9.59 Å². The molecule has 0 bridgehead atoms. The lowest BCUT2D eigenvalue weighted by Gasteiger charge is -2.24. The molecular weight excluding hydrogens is 877 g/mol. The summed E-state index contributed by atoms with van der Waals surface area (Å²) in [6, 6.07) is 27.8. The SMILES string of the molecule is CC(C)(I)C(I)I.Cc1ccc(NC(=O)N(Cc2ccc(C(=O)Nc3ccccc3N)cc2)c2ccc(C)c(C)c2)cc1. The second kappa shape index (κ2) is 16.1. The van der Waals surface area contributed by atoms with E-state index in [0.717, 1.165) is 35.6 Å². The molecule has 0 fully saturated rings. The van der Waals surface area contributed by atoms with E-state index in [0.29, 0.717) is 26.9 Å². The molecule has 0 saturated carbocycles. The van der Waals surface area contributed by atoms with Crippen molar-refractivity contribution in [1.29, 1.82) is 0 Å². The van der Waals surface area contributed by atoms with Crippen molar-refractivity contribution in [2.75, 3.05) is 21.3 Å². The predicted molar refractivity (Wildman–Crippen MR) is 207 cm³/mol. The Morgan fingerprint density at radius 1 is 0.837 bits per heavy atom. The van der Waals surface area contributed by atoms with Crippen LogP contribution in [0.3, 0.4) is 0 Å². The molecule has 0 aliphatic heterocycles. The minimum Gasteiger partial charge on any atom is -0.397 e. The van der Waals surface area contributed by atoms with Gasteiger partial charge < -0.3 is 16.4 Å². The molecule has 0 saturated heterocycles. The smallest absolute Gasteiger partial charge is 0.326 e. The number of aryl methyl sites for hydroxylation is 3. The number of para-hydroxylation sites is 2. The monoisotopic (exact) mass is 914 g/mol. The summed E-state index contributed by atoms with van der Waals surface area (Å²) in [7, 11) is 0. The van der Waals surface area contributed by atoms with Crippen molar-refractivity contribution in [1.82, 2.24) is 0 Å². The molecule has 9 heteroatoms. The highest BCUT2D eigenvalue weighted by Gasteiger charge is 2.20. The lowest BCUT2D eigenvalue weighted by molar-refractivity contribution is 0.102. The summed E-state index contributed by atoms with van der Waals surface area (Å²) in [6.07, 6.45) is 0. The molecule has 0 radical (unpaired) electrons. The summed E-state index contributed by atoms with van der Waals surface area (Å²) in [6.45, 7) is 10.9. The molecule has 4 aromatic carbocycles. The van der Waals surface area contributed by atoms with Crippen LogP contribution in [0.5, 0.6) is 0 Å². The molecule has 3 amide bonds. The van der Waals surface area contributed by atoms with Crippen LogP contribution in [-0.2, 0) is 6.54 Å². The van der Waals surface area contributed by atoms with Crippen molar-refractivity contribution >= 4 is 102 Å². The number of nitrogen functional groups attached to an aromatic ring is 1. The number of nitrogens with zero attached hydrogens (tertiary/aromatic N) is 1. The minimum absolute atomic E-state index is 0.233. The molecule has 226 valence electrons. The summed E-state index contributed by atoms with van der Waals surface area (Å²) in [5, 5.41) is 5.83. The van der Waals surface area contributed by atoms with E-state index in [4.69, 9.17) is 5.73 Å². The number of hydrogen-bond donors (Lipinski definition) is 3. The van der Waals surface area contributed by atoms with Gasteiger partial charge in [0.2, 0.25) is 0 Å². The number of anilines is 4. The summed E-state index contributed by atoms with van der Waals surface area (Å²) in [5.74, 6) is -0.248. The zero-order valence-electron chi connectivity index (χ0n) is 24.9. The van der Waals surface area contributed by atoms with Gasteiger partial charge in [0.25, 0.3) is 5.91 Å². The van der Waals surface area contributed by atoms with Crippen molar-refractivity contribution in [3.05, 3.63) is 119 Å².